The van der Waals surface area contributed by atoms with Gasteiger partial charge in [0.05, 0.1) is 18.8 Å². The first-order valence-electron chi connectivity index (χ1n) is 9.70. The van der Waals surface area contributed by atoms with Crippen LogP contribution in [-0.2, 0) is 9.59 Å². The lowest BCUT2D eigenvalue weighted by Crippen LogP contribution is -2.22. The Morgan fingerprint density at radius 2 is 1.57 bits per heavy atom. The number of benzene rings is 2. The number of ether oxygens (including phenoxy) is 1. The van der Waals surface area contributed by atoms with Gasteiger partial charge in [0, 0.05) is 17.8 Å². The van der Waals surface area contributed by atoms with Crippen LogP contribution < -0.4 is 20.7 Å². The third kappa shape index (κ3) is 6.30. The molecule has 2 aromatic rings. The average Bonchev–Trinajstić information content (AvgIpc) is 2.70. The summed E-state index contributed by atoms with van der Waals surface area (Å²) >= 11 is 0. The van der Waals surface area contributed by atoms with Crippen LogP contribution in [0, 0.1) is 6.92 Å². The normalized spacial score (nSPS) is 10.2. The topological polar surface area (TPSA) is 79.5 Å². The number of rotatable bonds is 10. The summed E-state index contributed by atoms with van der Waals surface area (Å²) in [5, 5.41) is 8.88. The molecule has 2 rings (SSSR count). The van der Waals surface area contributed by atoms with Crippen LogP contribution in [0.25, 0.3) is 0 Å². The van der Waals surface area contributed by atoms with Crippen LogP contribution in [0.5, 0.6) is 5.75 Å². The number of hydrogen-bond acceptors (Lipinski definition) is 4. The van der Waals surface area contributed by atoms with Gasteiger partial charge in [-0.15, -0.1) is 0 Å². The predicted molar refractivity (Wildman–Crippen MR) is 114 cm³/mol. The molecule has 0 fully saturated rings. The highest BCUT2D eigenvalue weighted by Gasteiger charge is 2.10. The molecule has 0 aliphatic rings. The van der Waals surface area contributed by atoms with Crippen molar-refractivity contribution in [3.8, 4) is 5.75 Å². The van der Waals surface area contributed by atoms with Crippen LogP contribution in [0.4, 0.5) is 17.1 Å². The molecule has 2 aromatic carbocycles. The third-order valence-electron chi connectivity index (χ3n) is 4.28. The van der Waals surface area contributed by atoms with E-state index in [1.165, 1.54) is 0 Å². The maximum absolute atomic E-state index is 12.4. The highest BCUT2D eigenvalue weighted by molar-refractivity contribution is 5.96. The van der Waals surface area contributed by atoms with Gasteiger partial charge in [0.25, 0.3) is 0 Å². The van der Waals surface area contributed by atoms with Crippen molar-refractivity contribution in [3.63, 3.8) is 0 Å². The van der Waals surface area contributed by atoms with Crippen molar-refractivity contribution in [2.45, 2.75) is 40.0 Å². The minimum atomic E-state index is -0.172. The van der Waals surface area contributed by atoms with Gasteiger partial charge in [-0.2, -0.15) is 0 Å². The fraction of sp³-hybridized carbons (Fsp3) is 0.364. The number of para-hydroxylation sites is 2. The quantitative estimate of drug-likeness (QED) is 0.525. The Morgan fingerprint density at radius 1 is 0.893 bits per heavy atom. The molecule has 0 atom stereocenters. The summed E-state index contributed by atoms with van der Waals surface area (Å²) in [5.41, 5.74) is 3.09. The second-order valence-electron chi connectivity index (χ2n) is 6.48. The lowest BCUT2D eigenvalue weighted by Gasteiger charge is -2.15. The lowest BCUT2D eigenvalue weighted by atomic mass is 10.1. The Morgan fingerprint density at radius 3 is 2.32 bits per heavy atom. The molecule has 6 heteroatoms. The number of unbranched alkanes of at least 4 members (excludes halogenated alkanes) is 1. The average molecular weight is 383 g/mol. The summed E-state index contributed by atoms with van der Waals surface area (Å²) in [6, 6.07) is 13.0. The molecular weight excluding hydrogens is 354 g/mol. The van der Waals surface area contributed by atoms with Crippen LogP contribution in [0.15, 0.2) is 42.5 Å². The summed E-state index contributed by atoms with van der Waals surface area (Å²) in [7, 11) is 0. The van der Waals surface area contributed by atoms with Gasteiger partial charge in [-0.1, -0.05) is 38.5 Å². The summed E-state index contributed by atoms with van der Waals surface area (Å²) in [4.78, 5) is 24.0. The van der Waals surface area contributed by atoms with E-state index in [2.05, 4.69) is 22.9 Å². The van der Waals surface area contributed by atoms with Gasteiger partial charge >= 0.3 is 0 Å². The molecular formula is C22H29N3O3. The number of carbonyl (C=O) groups excluding carboxylic acids is 2. The van der Waals surface area contributed by atoms with Crippen molar-refractivity contribution in [3.05, 3.63) is 48.0 Å². The molecule has 0 heterocycles. The zero-order valence-corrected chi connectivity index (χ0v) is 16.8. The molecule has 0 bridgehead atoms. The number of hydrogen-bond donors (Lipinski definition) is 3. The SMILES string of the molecule is CCCCOc1ccccc1NC(=O)CNc1cccc(NC(=O)CC)c1C. The number of carbonyl (C=O) groups is 2. The number of amides is 2. The minimum absolute atomic E-state index is 0.0438. The third-order valence-corrected chi connectivity index (χ3v) is 4.28. The van der Waals surface area contributed by atoms with E-state index in [0.29, 0.717) is 24.5 Å². The molecule has 0 aliphatic carbocycles. The summed E-state index contributed by atoms with van der Waals surface area (Å²) < 4.78 is 5.75. The Balaban J connectivity index is 1.96. The Bertz CT molecular complexity index is 805. The molecule has 0 radical (unpaired) electrons. The molecule has 150 valence electrons. The first kappa shape index (κ1) is 21.3. The Kier molecular flexibility index (Phi) is 8.34. The van der Waals surface area contributed by atoms with E-state index in [0.717, 1.165) is 29.8 Å². The zero-order chi connectivity index (χ0) is 20.4. The molecule has 0 unspecified atom stereocenters. The lowest BCUT2D eigenvalue weighted by molar-refractivity contribution is -0.116. The number of anilines is 3. The largest absolute Gasteiger partial charge is 0.491 e. The monoisotopic (exact) mass is 383 g/mol. The standard InChI is InChI=1S/C22H29N3O3/c1-4-6-14-28-20-13-8-7-10-19(20)25-22(27)15-23-17-11-9-12-18(16(17)3)24-21(26)5-2/h7-13,23H,4-6,14-15H2,1-3H3,(H,24,26)(H,25,27). The Hall–Kier alpha value is -3.02. The summed E-state index contributed by atoms with van der Waals surface area (Å²) in [6.07, 6.45) is 2.43. The molecule has 0 saturated carbocycles. The molecule has 0 spiro atoms. The van der Waals surface area contributed by atoms with Crippen LogP contribution in [-0.4, -0.2) is 25.0 Å². The molecule has 0 aromatic heterocycles. The van der Waals surface area contributed by atoms with Gasteiger partial charge in [0.1, 0.15) is 5.75 Å². The second kappa shape index (κ2) is 11.0. The molecule has 3 N–H and O–H groups in total. The first-order chi connectivity index (χ1) is 13.5. The second-order valence-corrected chi connectivity index (χ2v) is 6.48. The van der Waals surface area contributed by atoms with Crippen LogP contribution >= 0.6 is 0 Å². The fourth-order valence-corrected chi connectivity index (χ4v) is 2.59. The van der Waals surface area contributed by atoms with Gasteiger partial charge in [0.15, 0.2) is 0 Å². The maximum atomic E-state index is 12.4. The van der Waals surface area contributed by atoms with Crippen molar-refractivity contribution >= 4 is 28.9 Å². The predicted octanol–water partition coefficient (Wildman–Crippen LogP) is 4.57. The molecule has 2 amide bonds. The van der Waals surface area contributed by atoms with Gasteiger partial charge in [-0.3, -0.25) is 9.59 Å². The van der Waals surface area contributed by atoms with Crippen LogP contribution in [0.2, 0.25) is 0 Å². The minimum Gasteiger partial charge on any atom is -0.491 e. The molecule has 0 saturated heterocycles. The van der Waals surface area contributed by atoms with Gasteiger partial charge in [0.2, 0.25) is 11.8 Å². The fourth-order valence-electron chi connectivity index (χ4n) is 2.59. The van der Waals surface area contributed by atoms with E-state index in [-0.39, 0.29) is 18.4 Å². The van der Waals surface area contributed by atoms with Crippen molar-refractivity contribution in [2.75, 3.05) is 29.1 Å². The van der Waals surface area contributed by atoms with E-state index in [9.17, 15) is 9.59 Å². The van der Waals surface area contributed by atoms with Crippen LogP contribution in [0.1, 0.15) is 38.7 Å². The van der Waals surface area contributed by atoms with Gasteiger partial charge in [-0.05, 0) is 43.2 Å². The first-order valence-corrected chi connectivity index (χ1v) is 9.70. The van der Waals surface area contributed by atoms with E-state index in [1.807, 2.05) is 49.4 Å². The number of nitrogens with one attached hydrogen (secondary N) is 3. The molecule has 28 heavy (non-hydrogen) atoms. The van der Waals surface area contributed by atoms with Gasteiger partial charge < -0.3 is 20.7 Å². The van der Waals surface area contributed by atoms with E-state index in [4.69, 9.17) is 4.74 Å². The van der Waals surface area contributed by atoms with E-state index >= 15 is 0 Å². The van der Waals surface area contributed by atoms with Gasteiger partial charge in [-0.25, -0.2) is 0 Å². The molecule has 6 nitrogen and oxygen atoms in total. The zero-order valence-electron chi connectivity index (χ0n) is 16.8. The highest BCUT2D eigenvalue weighted by atomic mass is 16.5. The maximum Gasteiger partial charge on any atom is 0.243 e. The highest BCUT2D eigenvalue weighted by Crippen LogP contribution is 2.25. The van der Waals surface area contributed by atoms with E-state index in [1.54, 1.807) is 6.92 Å². The van der Waals surface area contributed by atoms with Crippen molar-refractivity contribution in [2.24, 2.45) is 0 Å². The Labute approximate surface area is 166 Å². The smallest absolute Gasteiger partial charge is 0.243 e. The summed E-state index contributed by atoms with van der Waals surface area (Å²) in [6.45, 7) is 6.54. The van der Waals surface area contributed by atoms with Crippen molar-refractivity contribution in [1.29, 1.82) is 0 Å². The summed E-state index contributed by atoms with van der Waals surface area (Å²) in [5.74, 6) is 0.455. The van der Waals surface area contributed by atoms with Crippen LogP contribution in [0.3, 0.4) is 0 Å². The van der Waals surface area contributed by atoms with E-state index < -0.39 is 0 Å². The van der Waals surface area contributed by atoms with Crippen molar-refractivity contribution in [1.82, 2.24) is 0 Å². The molecule has 0 aliphatic heterocycles. The van der Waals surface area contributed by atoms with Crippen molar-refractivity contribution < 1.29 is 14.3 Å².